The van der Waals surface area contributed by atoms with E-state index in [-0.39, 0.29) is 18.1 Å². The Balaban J connectivity index is 1.87. The number of H-pyrrole nitrogens is 1. The molecule has 25 heavy (non-hydrogen) atoms. The summed E-state index contributed by atoms with van der Waals surface area (Å²) in [5, 5.41) is 11.6. The molecule has 0 spiro atoms. The van der Waals surface area contributed by atoms with Crippen molar-refractivity contribution in [3.8, 4) is 0 Å². The van der Waals surface area contributed by atoms with Crippen LogP contribution in [0.25, 0.3) is 0 Å². The number of amides is 1. The van der Waals surface area contributed by atoms with Gasteiger partial charge in [0.1, 0.15) is 0 Å². The van der Waals surface area contributed by atoms with Crippen LogP contribution in [0.2, 0.25) is 0 Å². The van der Waals surface area contributed by atoms with Gasteiger partial charge in [0, 0.05) is 43.9 Å². The van der Waals surface area contributed by atoms with Crippen molar-refractivity contribution in [1.29, 1.82) is 0 Å². The predicted molar refractivity (Wildman–Crippen MR) is 94.0 cm³/mol. The first kappa shape index (κ1) is 17.7. The highest BCUT2D eigenvalue weighted by molar-refractivity contribution is 5.94. The van der Waals surface area contributed by atoms with Crippen LogP contribution in [-0.2, 0) is 24.8 Å². The number of fused-ring (bicyclic) bond motifs is 1. The minimum absolute atomic E-state index is 0.0312. The first-order valence-corrected chi connectivity index (χ1v) is 8.84. The number of hydrogen-bond donors (Lipinski definition) is 1. The van der Waals surface area contributed by atoms with Gasteiger partial charge < -0.3 is 9.64 Å². The Labute approximate surface area is 148 Å². The Hall–Kier alpha value is -2.15. The van der Waals surface area contributed by atoms with Crippen LogP contribution in [0.5, 0.6) is 0 Å². The van der Waals surface area contributed by atoms with E-state index in [9.17, 15) is 4.79 Å². The van der Waals surface area contributed by atoms with Crippen LogP contribution in [0.1, 0.15) is 61.1 Å². The van der Waals surface area contributed by atoms with E-state index in [0.717, 1.165) is 16.8 Å². The molecule has 7 nitrogen and oxygen atoms in total. The number of rotatable bonds is 5. The van der Waals surface area contributed by atoms with Crippen LogP contribution in [0, 0.1) is 5.92 Å². The van der Waals surface area contributed by atoms with Crippen molar-refractivity contribution in [3.05, 3.63) is 34.9 Å². The summed E-state index contributed by atoms with van der Waals surface area (Å²) in [5.41, 5.74) is 3.47. The average Bonchev–Trinajstić information content (AvgIpc) is 3.12. The molecule has 0 bridgehead atoms. The fourth-order valence-corrected chi connectivity index (χ4v) is 3.43. The van der Waals surface area contributed by atoms with Gasteiger partial charge in [-0.1, -0.05) is 13.8 Å². The van der Waals surface area contributed by atoms with Gasteiger partial charge in [-0.15, -0.1) is 0 Å². The fraction of sp³-hybridized carbons (Fsp3) is 0.611. The van der Waals surface area contributed by atoms with E-state index in [1.54, 1.807) is 10.9 Å². The Morgan fingerprint density at radius 3 is 2.88 bits per heavy atom. The number of carbonyl (C=O) groups is 1. The van der Waals surface area contributed by atoms with Crippen molar-refractivity contribution in [2.75, 3.05) is 6.54 Å². The maximum absolute atomic E-state index is 13.2. The van der Waals surface area contributed by atoms with Gasteiger partial charge in [0.05, 0.1) is 24.1 Å². The fourth-order valence-electron chi connectivity index (χ4n) is 3.43. The molecule has 0 radical (unpaired) electrons. The number of nitrogens with zero attached hydrogens (tertiary/aromatic N) is 4. The highest BCUT2D eigenvalue weighted by atomic mass is 16.5. The lowest BCUT2D eigenvalue weighted by Gasteiger charge is -2.27. The number of aromatic nitrogens is 4. The van der Waals surface area contributed by atoms with Gasteiger partial charge in [-0.25, -0.2) is 0 Å². The Morgan fingerprint density at radius 2 is 2.24 bits per heavy atom. The molecule has 0 saturated carbocycles. The first-order chi connectivity index (χ1) is 11.8. The number of hydrogen-bond acceptors (Lipinski definition) is 4. The lowest BCUT2D eigenvalue weighted by atomic mass is 9.99. The highest BCUT2D eigenvalue weighted by Crippen LogP contribution is 2.30. The van der Waals surface area contributed by atoms with Crippen LogP contribution in [-0.4, -0.2) is 43.4 Å². The van der Waals surface area contributed by atoms with Crippen LogP contribution in [0.4, 0.5) is 0 Å². The van der Waals surface area contributed by atoms with Crippen LogP contribution in [0.15, 0.2) is 12.4 Å². The molecule has 0 unspecified atom stereocenters. The number of ether oxygens (including phenoxy) is 1. The van der Waals surface area contributed by atoms with E-state index >= 15 is 0 Å². The summed E-state index contributed by atoms with van der Waals surface area (Å²) in [6, 6.07) is 0. The number of nitrogens with one attached hydrogen (secondary N) is 1. The molecule has 3 heterocycles. The molecular weight excluding hydrogens is 318 g/mol. The molecule has 0 fully saturated rings. The minimum Gasteiger partial charge on any atom is -0.369 e. The van der Waals surface area contributed by atoms with E-state index in [2.05, 4.69) is 29.1 Å². The van der Waals surface area contributed by atoms with Crippen molar-refractivity contribution in [3.63, 3.8) is 0 Å². The third kappa shape index (κ3) is 3.76. The van der Waals surface area contributed by atoms with E-state index < -0.39 is 0 Å². The molecule has 2 atom stereocenters. The summed E-state index contributed by atoms with van der Waals surface area (Å²) >= 11 is 0. The molecule has 2 aromatic rings. The maximum Gasteiger partial charge on any atom is 0.274 e. The normalized spacial score (nSPS) is 19.9. The third-order valence-corrected chi connectivity index (χ3v) is 4.44. The van der Waals surface area contributed by atoms with E-state index in [4.69, 9.17) is 4.74 Å². The van der Waals surface area contributed by atoms with Crippen LogP contribution >= 0.6 is 0 Å². The Kier molecular flexibility index (Phi) is 4.94. The van der Waals surface area contributed by atoms with Crippen molar-refractivity contribution < 1.29 is 9.53 Å². The topological polar surface area (TPSA) is 76.0 Å². The second-order valence-electron chi connectivity index (χ2n) is 7.36. The molecule has 1 N–H and O–H groups in total. The highest BCUT2D eigenvalue weighted by Gasteiger charge is 2.31. The van der Waals surface area contributed by atoms with Gasteiger partial charge in [0.25, 0.3) is 5.91 Å². The van der Waals surface area contributed by atoms with Gasteiger partial charge in [-0.05, 0) is 19.8 Å². The largest absolute Gasteiger partial charge is 0.369 e. The second kappa shape index (κ2) is 7.00. The van der Waals surface area contributed by atoms with Gasteiger partial charge in [-0.3, -0.25) is 14.6 Å². The SMILES string of the molecule is CC(C)CN(Cc1cnn(C)c1)C(=O)c1n[nH]c2c1C[C@H](C)O[C@@H]2C. The van der Waals surface area contributed by atoms with Crippen molar-refractivity contribution >= 4 is 5.91 Å². The Morgan fingerprint density at radius 1 is 1.48 bits per heavy atom. The lowest BCUT2D eigenvalue weighted by molar-refractivity contribution is -0.00703. The summed E-state index contributed by atoms with van der Waals surface area (Å²) in [6.07, 6.45) is 4.48. The smallest absolute Gasteiger partial charge is 0.274 e. The molecule has 7 heteroatoms. The molecule has 2 aromatic heterocycles. The molecule has 0 aromatic carbocycles. The summed E-state index contributed by atoms with van der Waals surface area (Å²) in [6.45, 7) is 9.46. The summed E-state index contributed by atoms with van der Waals surface area (Å²) in [4.78, 5) is 15.1. The summed E-state index contributed by atoms with van der Waals surface area (Å²) < 4.78 is 7.58. The van der Waals surface area contributed by atoms with Gasteiger partial charge in [-0.2, -0.15) is 10.2 Å². The van der Waals surface area contributed by atoms with Crippen molar-refractivity contribution in [2.24, 2.45) is 13.0 Å². The first-order valence-electron chi connectivity index (χ1n) is 8.84. The molecule has 136 valence electrons. The van der Waals surface area contributed by atoms with E-state index in [0.29, 0.717) is 31.1 Å². The molecular formula is C18H27N5O2. The minimum atomic E-state index is -0.0651. The molecule has 1 amide bonds. The number of carbonyl (C=O) groups excluding carboxylic acids is 1. The van der Waals surface area contributed by atoms with Crippen LogP contribution in [0.3, 0.4) is 0 Å². The summed E-state index contributed by atoms with van der Waals surface area (Å²) in [5.74, 6) is 0.341. The zero-order chi connectivity index (χ0) is 18.1. The standard InChI is InChI=1S/C18H27N5O2/c1-11(2)8-23(10-14-7-19-22(5)9-14)18(24)17-15-6-12(3)25-13(4)16(15)20-21-17/h7,9,11-13H,6,8,10H2,1-5H3,(H,20,21)/t12-,13+/m0/s1. The van der Waals surface area contributed by atoms with E-state index in [1.807, 2.05) is 32.0 Å². The maximum atomic E-state index is 13.2. The van der Waals surface area contributed by atoms with Gasteiger partial charge >= 0.3 is 0 Å². The van der Waals surface area contributed by atoms with Crippen molar-refractivity contribution in [2.45, 2.75) is 52.9 Å². The zero-order valence-corrected chi connectivity index (χ0v) is 15.6. The second-order valence-corrected chi connectivity index (χ2v) is 7.36. The lowest BCUT2D eigenvalue weighted by Crippen LogP contribution is -2.35. The van der Waals surface area contributed by atoms with Crippen molar-refractivity contribution in [1.82, 2.24) is 24.9 Å². The Bertz CT molecular complexity index is 748. The molecule has 0 saturated heterocycles. The quantitative estimate of drug-likeness (QED) is 0.903. The molecule has 0 aliphatic carbocycles. The average molecular weight is 345 g/mol. The number of aromatic amines is 1. The molecule has 3 rings (SSSR count). The summed E-state index contributed by atoms with van der Waals surface area (Å²) in [7, 11) is 1.88. The van der Waals surface area contributed by atoms with Gasteiger partial charge in [0.2, 0.25) is 0 Å². The third-order valence-electron chi connectivity index (χ3n) is 4.44. The van der Waals surface area contributed by atoms with Crippen LogP contribution < -0.4 is 0 Å². The van der Waals surface area contributed by atoms with E-state index in [1.165, 1.54) is 0 Å². The number of aryl methyl sites for hydroxylation is 1. The molecule has 1 aliphatic heterocycles. The monoisotopic (exact) mass is 345 g/mol. The van der Waals surface area contributed by atoms with Gasteiger partial charge in [0.15, 0.2) is 5.69 Å². The predicted octanol–water partition coefficient (Wildman–Crippen LogP) is 2.46. The molecule has 1 aliphatic rings. The zero-order valence-electron chi connectivity index (χ0n) is 15.6.